The molecule has 2 aromatic heterocycles. The highest BCUT2D eigenvalue weighted by Crippen LogP contribution is 2.17. The Morgan fingerprint density at radius 1 is 1.17 bits per heavy atom. The fourth-order valence-electron chi connectivity index (χ4n) is 0.937. The number of thiophene rings is 1. The zero-order valence-electron chi connectivity index (χ0n) is 7.66. The van der Waals surface area contributed by atoms with Crippen LogP contribution in [0.1, 0.15) is 19.5 Å². The van der Waals surface area contributed by atoms with Crippen LogP contribution in [0.4, 0.5) is 0 Å². The number of pyridine rings is 1. The molecule has 0 aliphatic rings. The molecule has 0 aliphatic carbocycles. The Bertz CT molecular complexity index is 351. The van der Waals surface area contributed by atoms with Crippen molar-refractivity contribution in [3.05, 3.63) is 29.3 Å². The summed E-state index contributed by atoms with van der Waals surface area (Å²) in [5, 5.41) is 3.31. The van der Waals surface area contributed by atoms with Crippen LogP contribution in [0.25, 0.3) is 10.2 Å². The quantitative estimate of drug-likeness (QED) is 0.601. The number of hydrogen-bond acceptors (Lipinski definition) is 2. The summed E-state index contributed by atoms with van der Waals surface area (Å²) in [5.74, 6) is 0. The van der Waals surface area contributed by atoms with E-state index in [1.165, 1.54) is 5.39 Å². The summed E-state index contributed by atoms with van der Waals surface area (Å²) in [4.78, 5) is 5.49. The average molecular weight is 179 g/mol. The molecule has 0 spiro atoms. The summed E-state index contributed by atoms with van der Waals surface area (Å²) in [6, 6.07) is 6.23. The number of nitrogens with zero attached hydrogens (tertiary/aromatic N) is 1. The Kier molecular flexibility index (Phi) is 3.23. The summed E-state index contributed by atoms with van der Waals surface area (Å²) < 4.78 is 0. The van der Waals surface area contributed by atoms with Crippen LogP contribution in [-0.4, -0.2) is 4.98 Å². The molecule has 2 heteroatoms. The van der Waals surface area contributed by atoms with Gasteiger partial charge in [-0.2, -0.15) is 0 Å². The number of fused-ring (bicyclic) bond motifs is 1. The zero-order valence-corrected chi connectivity index (χ0v) is 8.48. The third kappa shape index (κ3) is 1.83. The minimum atomic E-state index is 1.09. The van der Waals surface area contributed by atoms with Gasteiger partial charge in [-0.25, -0.2) is 4.98 Å². The van der Waals surface area contributed by atoms with E-state index in [9.17, 15) is 0 Å². The number of rotatable bonds is 0. The number of aromatic nitrogens is 1. The molecule has 0 bridgehead atoms. The first kappa shape index (κ1) is 9.20. The van der Waals surface area contributed by atoms with Crippen molar-refractivity contribution in [3.8, 4) is 0 Å². The van der Waals surface area contributed by atoms with Gasteiger partial charge in [0.1, 0.15) is 4.83 Å². The molecule has 0 amide bonds. The van der Waals surface area contributed by atoms with Crippen molar-refractivity contribution < 1.29 is 0 Å². The predicted octanol–water partition coefficient (Wildman–Crippen LogP) is 3.63. The van der Waals surface area contributed by atoms with Crippen LogP contribution in [0, 0.1) is 6.92 Å². The monoisotopic (exact) mass is 179 g/mol. The van der Waals surface area contributed by atoms with Gasteiger partial charge in [0.2, 0.25) is 0 Å². The molecule has 0 saturated heterocycles. The van der Waals surface area contributed by atoms with E-state index in [0.29, 0.717) is 0 Å². The second kappa shape index (κ2) is 4.21. The van der Waals surface area contributed by atoms with Gasteiger partial charge in [0.15, 0.2) is 0 Å². The molecule has 12 heavy (non-hydrogen) atoms. The Balaban J connectivity index is 0.000000336. The van der Waals surface area contributed by atoms with Gasteiger partial charge in [-0.15, -0.1) is 11.3 Å². The standard InChI is InChI=1S/C8H7NS.C2H6/c1-6-2-3-7-4-5-10-8(7)9-6;1-2/h2-5H,1H3;1-2H3. The highest BCUT2D eigenvalue weighted by molar-refractivity contribution is 7.16. The van der Waals surface area contributed by atoms with E-state index in [1.807, 2.05) is 26.8 Å². The van der Waals surface area contributed by atoms with E-state index >= 15 is 0 Å². The maximum absolute atomic E-state index is 4.35. The molecule has 0 aromatic carbocycles. The topological polar surface area (TPSA) is 12.9 Å². The number of aryl methyl sites for hydroxylation is 1. The van der Waals surface area contributed by atoms with Crippen molar-refractivity contribution in [1.29, 1.82) is 0 Å². The summed E-state index contributed by atoms with van der Waals surface area (Å²) in [7, 11) is 0. The van der Waals surface area contributed by atoms with Crippen molar-refractivity contribution in [2.24, 2.45) is 0 Å². The maximum atomic E-state index is 4.35. The molecule has 2 rings (SSSR count). The van der Waals surface area contributed by atoms with Crippen molar-refractivity contribution in [2.75, 3.05) is 0 Å². The van der Waals surface area contributed by atoms with E-state index in [4.69, 9.17) is 0 Å². The molecule has 2 heterocycles. The first-order valence-corrected chi connectivity index (χ1v) is 5.05. The van der Waals surface area contributed by atoms with E-state index in [1.54, 1.807) is 11.3 Å². The van der Waals surface area contributed by atoms with Crippen LogP contribution in [0.15, 0.2) is 23.6 Å². The lowest BCUT2D eigenvalue weighted by Crippen LogP contribution is -1.75. The molecule has 0 N–H and O–H groups in total. The van der Waals surface area contributed by atoms with Crippen molar-refractivity contribution in [3.63, 3.8) is 0 Å². The second-order valence-electron chi connectivity index (χ2n) is 2.27. The Morgan fingerprint density at radius 3 is 2.67 bits per heavy atom. The van der Waals surface area contributed by atoms with Crippen LogP contribution in [0.3, 0.4) is 0 Å². The van der Waals surface area contributed by atoms with Gasteiger partial charge in [-0.1, -0.05) is 19.9 Å². The molecule has 0 atom stereocenters. The smallest absolute Gasteiger partial charge is 0.123 e. The van der Waals surface area contributed by atoms with Gasteiger partial charge in [0, 0.05) is 11.1 Å². The van der Waals surface area contributed by atoms with Gasteiger partial charge in [0.05, 0.1) is 0 Å². The molecular formula is C10H13NS. The van der Waals surface area contributed by atoms with Crippen LogP contribution in [0.2, 0.25) is 0 Å². The molecule has 64 valence electrons. The Labute approximate surface area is 77.1 Å². The minimum Gasteiger partial charge on any atom is -0.242 e. The second-order valence-corrected chi connectivity index (χ2v) is 3.16. The molecular weight excluding hydrogens is 166 g/mol. The van der Waals surface area contributed by atoms with E-state index < -0.39 is 0 Å². The fourth-order valence-corrected chi connectivity index (χ4v) is 1.75. The van der Waals surface area contributed by atoms with Crippen LogP contribution in [-0.2, 0) is 0 Å². The first-order valence-electron chi connectivity index (χ1n) is 4.17. The van der Waals surface area contributed by atoms with Crippen molar-refractivity contribution in [2.45, 2.75) is 20.8 Å². The van der Waals surface area contributed by atoms with Crippen LogP contribution in [0.5, 0.6) is 0 Å². The summed E-state index contributed by atoms with van der Waals surface area (Å²) in [5.41, 5.74) is 1.09. The maximum Gasteiger partial charge on any atom is 0.123 e. The third-order valence-electron chi connectivity index (χ3n) is 1.46. The van der Waals surface area contributed by atoms with Crippen LogP contribution >= 0.6 is 11.3 Å². The molecule has 0 aliphatic heterocycles. The van der Waals surface area contributed by atoms with Crippen LogP contribution < -0.4 is 0 Å². The van der Waals surface area contributed by atoms with E-state index in [0.717, 1.165) is 10.5 Å². The molecule has 2 aromatic rings. The number of hydrogen-bond donors (Lipinski definition) is 0. The van der Waals surface area contributed by atoms with E-state index in [-0.39, 0.29) is 0 Å². The third-order valence-corrected chi connectivity index (χ3v) is 2.28. The first-order chi connectivity index (χ1) is 5.86. The summed E-state index contributed by atoms with van der Waals surface area (Å²) >= 11 is 1.69. The zero-order chi connectivity index (χ0) is 8.97. The molecule has 0 fully saturated rings. The van der Waals surface area contributed by atoms with Gasteiger partial charge in [-0.05, 0) is 24.4 Å². The van der Waals surface area contributed by atoms with Gasteiger partial charge in [-0.3, -0.25) is 0 Å². The lowest BCUT2D eigenvalue weighted by Gasteiger charge is -1.89. The van der Waals surface area contributed by atoms with Gasteiger partial charge in [0.25, 0.3) is 0 Å². The summed E-state index contributed by atoms with van der Waals surface area (Å²) in [6.45, 7) is 6.01. The summed E-state index contributed by atoms with van der Waals surface area (Å²) in [6.07, 6.45) is 0. The molecule has 1 nitrogen and oxygen atoms in total. The highest BCUT2D eigenvalue weighted by Gasteiger charge is 1.93. The molecule has 0 radical (unpaired) electrons. The SMILES string of the molecule is CC.Cc1ccc2ccsc2n1. The predicted molar refractivity (Wildman–Crippen MR) is 55.7 cm³/mol. The van der Waals surface area contributed by atoms with Crippen molar-refractivity contribution >= 4 is 21.6 Å². The van der Waals surface area contributed by atoms with E-state index in [2.05, 4.69) is 22.5 Å². The van der Waals surface area contributed by atoms with Gasteiger partial charge < -0.3 is 0 Å². The molecule has 0 unspecified atom stereocenters. The normalized spacial score (nSPS) is 9.25. The Hall–Kier alpha value is -0.890. The highest BCUT2D eigenvalue weighted by atomic mass is 32.1. The fraction of sp³-hybridized carbons (Fsp3) is 0.300. The van der Waals surface area contributed by atoms with Crippen molar-refractivity contribution in [1.82, 2.24) is 4.98 Å². The lowest BCUT2D eigenvalue weighted by atomic mass is 10.3. The minimum absolute atomic E-state index is 1.09. The van der Waals surface area contributed by atoms with Gasteiger partial charge >= 0.3 is 0 Å². The molecule has 0 saturated carbocycles. The average Bonchev–Trinajstić information content (AvgIpc) is 2.54. The largest absolute Gasteiger partial charge is 0.242 e. The Morgan fingerprint density at radius 2 is 1.92 bits per heavy atom. The lowest BCUT2D eigenvalue weighted by molar-refractivity contribution is 1.27.